The van der Waals surface area contributed by atoms with Crippen molar-refractivity contribution in [3.63, 3.8) is 0 Å². The summed E-state index contributed by atoms with van der Waals surface area (Å²) in [6.07, 6.45) is 2.35. The monoisotopic (exact) mass is 290 g/mol. The number of fused-ring (bicyclic) bond motifs is 1. The highest BCUT2D eigenvalue weighted by atomic mass is 16.4. The number of rotatable bonds is 5. The standard InChI is InChI=1S/C16H22N2O3/c1-16(2,9-8-14(19)20)18-15(21)12-5-3-7-13-11(12)6-4-10-17-13/h3,5,7,17H,4,6,8-10H2,1-2H3,(H,18,21)(H,19,20). The van der Waals surface area contributed by atoms with E-state index in [0.29, 0.717) is 12.0 Å². The molecule has 1 aromatic carbocycles. The van der Waals surface area contributed by atoms with Crippen molar-refractivity contribution in [3.05, 3.63) is 29.3 Å². The van der Waals surface area contributed by atoms with E-state index in [1.165, 1.54) is 0 Å². The highest BCUT2D eigenvalue weighted by Gasteiger charge is 2.24. The highest BCUT2D eigenvalue weighted by Crippen LogP contribution is 2.26. The lowest BCUT2D eigenvalue weighted by atomic mass is 9.94. The first-order chi connectivity index (χ1) is 9.89. The van der Waals surface area contributed by atoms with Gasteiger partial charge in [0.05, 0.1) is 0 Å². The molecule has 5 nitrogen and oxygen atoms in total. The fourth-order valence-electron chi connectivity index (χ4n) is 2.58. The minimum atomic E-state index is -0.849. The molecule has 0 bridgehead atoms. The molecular formula is C16H22N2O3. The Morgan fingerprint density at radius 3 is 2.86 bits per heavy atom. The summed E-state index contributed by atoms with van der Waals surface area (Å²) in [6.45, 7) is 4.63. The molecule has 0 aromatic heterocycles. The zero-order valence-corrected chi connectivity index (χ0v) is 12.5. The number of anilines is 1. The van der Waals surface area contributed by atoms with Gasteiger partial charge in [-0.15, -0.1) is 0 Å². The van der Waals surface area contributed by atoms with Gasteiger partial charge in [0.25, 0.3) is 5.91 Å². The second-order valence-corrected chi connectivity index (χ2v) is 6.09. The Bertz CT molecular complexity index is 552. The van der Waals surface area contributed by atoms with E-state index in [9.17, 15) is 9.59 Å². The Kier molecular flexibility index (Phi) is 4.50. The molecule has 2 rings (SSSR count). The first-order valence-electron chi connectivity index (χ1n) is 7.29. The van der Waals surface area contributed by atoms with Crippen LogP contribution in [0, 0.1) is 0 Å². The molecule has 0 atom stereocenters. The van der Waals surface area contributed by atoms with E-state index >= 15 is 0 Å². The fourth-order valence-corrected chi connectivity index (χ4v) is 2.58. The summed E-state index contributed by atoms with van der Waals surface area (Å²) < 4.78 is 0. The normalized spacial score (nSPS) is 14.0. The number of carboxylic acids is 1. The Labute approximate surface area is 124 Å². The van der Waals surface area contributed by atoms with Crippen LogP contribution in [0.2, 0.25) is 0 Å². The summed E-state index contributed by atoms with van der Waals surface area (Å²) in [5.74, 6) is -0.982. The molecule has 0 fully saturated rings. The minimum Gasteiger partial charge on any atom is -0.481 e. The molecule has 3 N–H and O–H groups in total. The van der Waals surface area contributed by atoms with Gasteiger partial charge in [0.1, 0.15) is 0 Å². The van der Waals surface area contributed by atoms with Crippen LogP contribution in [0.25, 0.3) is 0 Å². The van der Waals surface area contributed by atoms with Gasteiger partial charge in [-0.1, -0.05) is 6.07 Å². The number of carboxylic acid groups (broad SMARTS) is 1. The van der Waals surface area contributed by atoms with Crippen molar-refractivity contribution in [1.29, 1.82) is 0 Å². The van der Waals surface area contributed by atoms with E-state index in [-0.39, 0.29) is 12.3 Å². The maximum atomic E-state index is 12.5. The van der Waals surface area contributed by atoms with Crippen LogP contribution in [0.5, 0.6) is 0 Å². The second-order valence-electron chi connectivity index (χ2n) is 6.09. The molecule has 0 saturated carbocycles. The quantitative estimate of drug-likeness (QED) is 0.778. The van der Waals surface area contributed by atoms with E-state index in [0.717, 1.165) is 30.6 Å². The number of carbonyl (C=O) groups excluding carboxylic acids is 1. The van der Waals surface area contributed by atoms with E-state index in [1.54, 1.807) is 0 Å². The van der Waals surface area contributed by atoms with Crippen molar-refractivity contribution in [2.45, 2.75) is 45.1 Å². The zero-order valence-electron chi connectivity index (χ0n) is 12.5. The van der Waals surface area contributed by atoms with Crippen LogP contribution in [-0.4, -0.2) is 29.1 Å². The SMILES string of the molecule is CC(C)(CCC(=O)O)NC(=O)c1cccc2c1CCCN2. The lowest BCUT2D eigenvalue weighted by Gasteiger charge is -2.27. The third-order valence-corrected chi connectivity index (χ3v) is 3.76. The predicted molar refractivity (Wildman–Crippen MR) is 81.7 cm³/mol. The molecular weight excluding hydrogens is 268 g/mol. The molecule has 1 heterocycles. The van der Waals surface area contributed by atoms with Gasteiger partial charge in [0.15, 0.2) is 0 Å². The van der Waals surface area contributed by atoms with Crippen LogP contribution >= 0.6 is 0 Å². The van der Waals surface area contributed by atoms with Crippen LogP contribution in [0.4, 0.5) is 5.69 Å². The number of amides is 1. The Morgan fingerprint density at radius 2 is 2.14 bits per heavy atom. The lowest BCUT2D eigenvalue weighted by molar-refractivity contribution is -0.137. The summed E-state index contributed by atoms with van der Waals surface area (Å²) in [5, 5.41) is 15.0. The van der Waals surface area contributed by atoms with Crippen molar-refractivity contribution in [3.8, 4) is 0 Å². The van der Waals surface area contributed by atoms with Gasteiger partial charge < -0.3 is 15.7 Å². The minimum absolute atomic E-state index is 0.0434. The predicted octanol–water partition coefficient (Wildman–Crippen LogP) is 2.42. The number of carbonyl (C=O) groups is 2. The molecule has 1 amide bonds. The second kappa shape index (κ2) is 6.16. The number of hydrogen-bond donors (Lipinski definition) is 3. The average molecular weight is 290 g/mol. The van der Waals surface area contributed by atoms with Crippen LogP contribution in [-0.2, 0) is 11.2 Å². The summed E-state index contributed by atoms with van der Waals surface area (Å²) in [4.78, 5) is 23.2. The van der Waals surface area contributed by atoms with Crippen LogP contribution < -0.4 is 10.6 Å². The molecule has 0 spiro atoms. The summed E-state index contributed by atoms with van der Waals surface area (Å²) in [7, 11) is 0. The van der Waals surface area contributed by atoms with Crippen molar-refractivity contribution in [1.82, 2.24) is 5.32 Å². The average Bonchev–Trinajstić information content (AvgIpc) is 2.44. The molecule has 1 aromatic rings. The first-order valence-corrected chi connectivity index (χ1v) is 7.29. The van der Waals surface area contributed by atoms with Gasteiger partial charge in [-0.25, -0.2) is 0 Å². The maximum absolute atomic E-state index is 12.5. The maximum Gasteiger partial charge on any atom is 0.303 e. The van der Waals surface area contributed by atoms with Crippen molar-refractivity contribution in [2.75, 3.05) is 11.9 Å². The topological polar surface area (TPSA) is 78.4 Å². The summed E-state index contributed by atoms with van der Waals surface area (Å²) in [6, 6.07) is 5.69. The van der Waals surface area contributed by atoms with E-state index < -0.39 is 11.5 Å². The van der Waals surface area contributed by atoms with Crippen molar-refractivity contribution >= 4 is 17.6 Å². The van der Waals surface area contributed by atoms with E-state index in [4.69, 9.17) is 5.11 Å². The molecule has 0 aliphatic carbocycles. The number of hydrogen-bond acceptors (Lipinski definition) is 3. The highest BCUT2D eigenvalue weighted by molar-refractivity contribution is 5.97. The van der Waals surface area contributed by atoms with Gasteiger partial charge in [-0.3, -0.25) is 9.59 Å². The van der Waals surface area contributed by atoms with Crippen LogP contribution in [0.3, 0.4) is 0 Å². The lowest BCUT2D eigenvalue weighted by Crippen LogP contribution is -2.44. The zero-order chi connectivity index (χ0) is 15.5. The van der Waals surface area contributed by atoms with Crippen molar-refractivity contribution < 1.29 is 14.7 Å². The molecule has 21 heavy (non-hydrogen) atoms. The molecule has 114 valence electrons. The summed E-state index contributed by atoms with van der Waals surface area (Å²) >= 11 is 0. The van der Waals surface area contributed by atoms with Crippen LogP contribution in [0.1, 0.15) is 49.0 Å². The van der Waals surface area contributed by atoms with Gasteiger partial charge in [-0.05, 0) is 50.8 Å². The molecule has 5 heteroatoms. The molecule has 0 unspecified atom stereocenters. The fraction of sp³-hybridized carbons (Fsp3) is 0.500. The van der Waals surface area contributed by atoms with Crippen LogP contribution in [0.15, 0.2) is 18.2 Å². The van der Waals surface area contributed by atoms with Gasteiger partial charge in [0.2, 0.25) is 0 Å². The first kappa shape index (κ1) is 15.4. The molecule has 1 aliphatic rings. The summed E-state index contributed by atoms with van der Waals surface area (Å²) in [5.41, 5.74) is 2.22. The Morgan fingerprint density at radius 1 is 1.38 bits per heavy atom. The van der Waals surface area contributed by atoms with Gasteiger partial charge in [-0.2, -0.15) is 0 Å². The molecule has 0 radical (unpaired) electrons. The molecule has 0 saturated heterocycles. The van der Waals surface area contributed by atoms with Gasteiger partial charge in [0, 0.05) is 29.8 Å². The van der Waals surface area contributed by atoms with Gasteiger partial charge >= 0.3 is 5.97 Å². The smallest absolute Gasteiger partial charge is 0.303 e. The third kappa shape index (κ3) is 3.97. The largest absolute Gasteiger partial charge is 0.481 e. The number of nitrogens with one attached hydrogen (secondary N) is 2. The number of aliphatic carboxylic acids is 1. The Balaban J connectivity index is 2.12. The van der Waals surface area contributed by atoms with E-state index in [2.05, 4.69) is 10.6 Å². The van der Waals surface area contributed by atoms with E-state index in [1.807, 2.05) is 32.0 Å². The third-order valence-electron chi connectivity index (χ3n) is 3.76. The molecule has 1 aliphatic heterocycles. The Hall–Kier alpha value is -2.04. The number of benzene rings is 1. The van der Waals surface area contributed by atoms with Crippen molar-refractivity contribution in [2.24, 2.45) is 0 Å².